The monoisotopic (exact) mass is 472 g/mol. The average Bonchev–Trinajstić information content (AvgIpc) is 3.26. The summed E-state index contributed by atoms with van der Waals surface area (Å²) in [5.41, 5.74) is 1.52. The standard InChI is InChI=1S/C21H21F2N9O2/c1-10-25-16-9-31(3)18-12(5-4-6-14(18)32(16)30-10)26-13-7-15(28-29-17(13)20(34)24-2)27-19(33)11-8-21(11,22)23/h4-7,11H,8-9H2,1-3H3,(H,24,34)(H2,26,27,28,33)/t11-/m1/s1/i2D3. The fraction of sp³-hybridized carbons (Fsp3) is 0.333. The number of rotatable bonds is 5. The van der Waals surface area contributed by atoms with Gasteiger partial charge in [0.2, 0.25) is 5.91 Å². The zero-order valence-electron chi connectivity index (χ0n) is 21.1. The van der Waals surface area contributed by atoms with E-state index >= 15 is 0 Å². The number of benzene rings is 1. The normalized spacial score (nSPS) is 19.1. The quantitative estimate of drug-likeness (QED) is 0.514. The number of halogens is 2. The van der Waals surface area contributed by atoms with Crippen LogP contribution in [0.4, 0.5) is 31.7 Å². The summed E-state index contributed by atoms with van der Waals surface area (Å²) in [5, 5.41) is 19.1. The summed E-state index contributed by atoms with van der Waals surface area (Å²) >= 11 is 0. The van der Waals surface area contributed by atoms with Crippen LogP contribution in [0.3, 0.4) is 0 Å². The van der Waals surface area contributed by atoms with Crippen LogP contribution < -0.4 is 20.9 Å². The molecule has 11 nitrogen and oxygen atoms in total. The fourth-order valence-electron chi connectivity index (χ4n) is 3.88. The summed E-state index contributed by atoms with van der Waals surface area (Å²) in [6, 6.07) is 6.53. The van der Waals surface area contributed by atoms with Crippen LogP contribution in [0.2, 0.25) is 0 Å². The Balaban J connectivity index is 1.53. The minimum atomic E-state index is -3.08. The Bertz CT molecular complexity index is 1430. The van der Waals surface area contributed by atoms with Crippen LogP contribution in [0.25, 0.3) is 5.69 Å². The number of fused-ring (bicyclic) bond motifs is 3. The molecule has 0 bridgehead atoms. The predicted molar refractivity (Wildman–Crippen MR) is 119 cm³/mol. The number of carbonyl (C=O) groups excluding carboxylic acids is 2. The first kappa shape index (κ1) is 18.3. The zero-order valence-corrected chi connectivity index (χ0v) is 18.1. The van der Waals surface area contributed by atoms with Gasteiger partial charge in [0, 0.05) is 30.6 Å². The fourth-order valence-corrected chi connectivity index (χ4v) is 3.88. The van der Waals surface area contributed by atoms with Crippen molar-refractivity contribution in [3.8, 4) is 5.69 Å². The molecule has 1 atom stereocenters. The zero-order chi connectivity index (χ0) is 26.7. The maximum atomic E-state index is 13.3. The van der Waals surface area contributed by atoms with Crippen molar-refractivity contribution in [1.82, 2.24) is 30.3 Å². The number of carbonyl (C=O) groups is 2. The van der Waals surface area contributed by atoms with Crippen molar-refractivity contribution in [2.45, 2.75) is 25.8 Å². The smallest absolute Gasteiger partial charge is 0.273 e. The predicted octanol–water partition coefficient (Wildman–Crippen LogP) is 2.01. The molecule has 3 aromatic rings. The van der Waals surface area contributed by atoms with Gasteiger partial charge in [0.1, 0.15) is 11.7 Å². The summed E-state index contributed by atoms with van der Waals surface area (Å²) in [6.45, 7) is -0.586. The van der Waals surface area contributed by atoms with Gasteiger partial charge in [-0.2, -0.15) is 5.10 Å². The largest absolute Gasteiger partial charge is 0.364 e. The molecule has 0 unspecified atom stereocenters. The van der Waals surface area contributed by atoms with Gasteiger partial charge < -0.3 is 20.9 Å². The van der Waals surface area contributed by atoms with Crippen molar-refractivity contribution in [3.05, 3.63) is 41.6 Å². The van der Waals surface area contributed by atoms with Gasteiger partial charge in [0.15, 0.2) is 17.3 Å². The van der Waals surface area contributed by atoms with Gasteiger partial charge >= 0.3 is 0 Å². The molecule has 13 heteroatoms. The van der Waals surface area contributed by atoms with E-state index < -0.39 is 37.1 Å². The van der Waals surface area contributed by atoms with Gasteiger partial charge in [0.05, 0.1) is 29.3 Å². The Hall–Kier alpha value is -4.16. The number of alkyl halides is 2. The molecule has 3 N–H and O–H groups in total. The minimum absolute atomic E-state index is 0.00280. The van der Waals surface area contributed by atoms with Crippen molar-refractivity contribution in [2.24, 2.45) is 5.92 Å². The second kappa shape index (κ2) is 7.71. The van der Waals surface area contributed by atoms with Crippen LogP contribution in [-0.4, -0.2) is 56.7 Å². The molecule has 1 aliphatic heterocycles. The first-order valence-corrected chi connectivity index (χ1v) is 10.3. The Morgan fingerprint density at radius 1 is 1.26 bits per heavy atom. The molecular formula is C21H21F2N9O2. The van der Waals surface area contributed by atoms with Gasteiger partial charge in [-0.1, -0.05) is 6.07 Å². The molecule has 0 radical (unpaired) electrons. The second-order valence-electron chi connectivity index (χ2n) is 8.09. The van der Waals surface area contributed by atoms with Crippen LogP contribution in [0, 0.1) is 12.8 Å². The number of anilines is 4. The Labute approximate surface area is 196 Å². The minimum Gasteiger partial charge on any atom is -0.364 e. The number of hydrogen-bond donors (Lipinski definition) is 3. The topological polar surface area (TPSA) is 130 Å². The van der Waals surface area contributed by atoms with E-state index in [2.05, 4.69) is 30.9 Å². The summed E-state index contributed by atoms with van der Waals surface area (Å²) in [6.07, 6.45) is -0.567. The third kappa shape index (κ3) is 3.68. The number of aryl methyl sites for hydroxylation is 1. The Kier molecular flexibility index (Phi) is 4.15. The molecule has 5 rings (SSSR count). The Morgan fingerprint density at radius 2 is 2.06 bits per heavy atom. The average molecular weight is 472 g/mol. The van der Waals surface area contributed by atoms with Gasteiger partial charge in [-0.25, -0.2) is 18.4 Å². The molecule has 1 aromatic carbocycles. The molecule has 176 valence electrons. The van der Waals surface area contributed by atoms with E-state index in [9.17, 15) is 18.4 Å². The van der Waals surface area contributed by atoms with Gasteiger partial charge in [-0.15, -0.1) is 10.2 Å². The van der Waals surface area contributed by atoms with Crippen molar-refractivity contribution < 1.29 is 22.5 Å². The Morgan fingerprint density at radius 3 is 2.79 bits per heavy atom. The van der Waals surface area contributed by atoms with Crippen molar-refractivity contribution in [3.63, 3.8) is 0 Å². The molecule has 1 saturated carbocycles. The number of amides is 2. The third-order valence-electron chi connectivity index (χ3n) is 5.57. The molecule has 34 heavy (non-hydrogen) atoms. The van der Waals surface area contributed by atoms with Crippen LogP contribution >= 0.6 is 0 Å². The van der Waals surface area contributed by atoms with Gasteiger partial charge in [-0.05, 0) is 19.1 Å². The lowest BCUT2D eigenvalue weighted by Crippen LogP contribution is -2.27. The molecule has 2 amide bonds. The summed E-state index contributed by atoms with van der Waals surface area (Å²) in [4.78, 5) is 31.2. The highest BCUT2D eigenvalue weighted by atomic mass is 19.3. The van der Waals surface area contributed by atoms with Gasteiger partial charge in [0.25, 0.3) is 11.8 Å². The van der Waals surface area contributed by atoms with Crippen LogP contribution in [0.15, 0.2) is 24.3 Å². The van der Waals surface area contributed by atoms with E-state index in [4.69, 9.17) is 4.11 Å². The molecule has 1 fully saturated rings. The van der Waals surface area contributed by atoms with Crippen LogP contribution in [-0.2, 0) is 11.3 Å². The number of nitrogens with zero attached hydrogens (tertiary/aromatic N) is 6. The molecule has 2 aliphatic rings. The summed E-state index contributed by atoms with van der Waals surface area (Å²) < 4.78 is 50.3. The lowest BCUT2D eigenvalue weighted by Gasteiger charge is -2.29. The molecule has 1 aliphatic carbocycles. The van der Waals surface area contributed by atoms with E-state index in [0.29, 0.717) is 29.4 Å². The third-order valence-corrected chi connectivity index (χ3v) is 5.57. The maximum absolute atomic E-state index is 13.3. The van der Waals surface area contributed by atoms with Gasteiger partial charge in [-0.3, -0.25) is 9.59 Å². The number of aromatic nitrogens is 5. The first-order valence-electron chi connectivity index (χ1n) is 11.8. The molecule has 3 heterocycles. The molecule has 0 saturated heterocycles. The highest BCUT2D eigenvalue weighted by molar-refractivity contribution is 6.00. The summed E-state index contributed by atoms with van der Waals surface area (Å²) in [7, 11) is 1.84. The maximum Gasteiger partial charge on any atom is 0.273 e. The van der Waals surface area contributed by atoms with E-state index in [0.717, 1.165) is 5.82 Å². The second-order valence-corrected chi connectivity index (χ2v) is 8.09. The molecular weight excluding hydrogens is 448 g/mol. The van der Waals surface area contributed by atoms with Crippen LogP contribution in [0.1, 0.15) is 32.7 Å². The van der Waals surface area contributed by atoms with E-state index in [1.54, 1.807) is 23.7 Å². The SMILES string of the molecule is [2H]C([2H])([2H])NC(=O)c1nnc(NC(=O)[C@H]2CC2(F)F)cc1Nc1cccc2c1N(C)Cc1nc(C)nn1-2. The van der Waals surface area contributed by atoms with Crippen molar-refractivity contribution in [2.75, 3.05) is 29.6 Å². The van der Waals surface area contributed by atoms with E-state index in [1.807, 2.05) is 23.3 Å². The lowest BCUT2D eigenvalue weighted by molar-refractivity contribution is -0.119. The number of hydrogen-bond acceptors (Lipinski definition) is 8. The molecule has 0 spiro atoms. The van der Waals surface area contributed by atoms with Crippen LogP contribution in [0.5, 0.6) is 0 Å². The molecule has 2 aromatic heterocycles. The van der Waals surface area contributed by atoms with Crippen molar-refractivity contribution >= 4 is 34.7 Å². The first-order chi connectivity index (χ1) is 17.3. The van der Waals surface area contributed by atoms with E-state index in [1.165, 1.54) is 6.07 Å². The highest BCUT2D eigenvalue weighted by Gasteiger charge is 2.61. The number of para-hydroxylation sites is 1. The summed E-state index contributed by atoms with van der Waals surface area (Å²) in [5.74, 6) is -5.39. The van der Waals surface area contributed by atoms with Crippen molar-refractivity contribution in [1.29, 1.82) is 0 Å². The lowest BCUT2D eigenvalue weighted by atomic mass is 10.1. The highest BCUT2D eigenvalue weighted by Crippen LogP contribution is 2.49. The van der Waals surface area contributed by atoms with E-state index in [-0.39, 0.29) is 17.2 Å². The number of nitrogens with one attached hydrogen (secondary N) is 3.